The van der Waals surface area contributed by atoms with Crippen molar-refractivity contribution in [1.82, 2.24) is 4.57 Å². The van der Waals surface area contributed by atoms with Crippen LogP contribution in [0, 0.1) is 20.8 Å². The van der Waals surface area contributed by atoms with Crippen molar-refractivity contribution >= 4 is 22.4 Å². The molecule has 33 heavy (non-hydrogen) atoms. The van der Waals surface area contributed by atoms with Gasteiger partial charge in [0.15, 0.2) is 5.78 Å². The highest BCUT2D eigenvalue weighted by atomic mass is 16.3. The molecule has 0 fully saturated rings. The molecule has 0 unspecified atom stereocenters. The predicted octanol–water partition coefficient (Wildman–Crippen LogP) is 5.59. The van der Waals surface area contributed by atoms with E-state index >= 15 is 0 Å². The Balaban J connectivity index is 1.72. The predicted molar refractivity (Wildman–Crippen MR) is 133 cm³/mol. The minimum absolute atomic E-state index is 0.0221. The maximum Gasteiger partial charge on any atom is 0.206 e. The number of hydrogen-bond acceptors (Lipinski definition) is 4. The molecule has 0 aliphatic heterocycles. The fourth-order valence-electron chi connectivity index (χ4n) is 4.27. The standard InChI is InChI=1S/C28H28N2O3/c1-17-5-10-25-26(14-17)30(22-12-18(2)11-19(3)13-22)28(33)27(25)20(4)29-16-24(32)15-21-6-8-23(31)9-7-21/h5-14,31,33H,15-16H2,1-4H3. The SMILES string of the molecule is CC(=NCC(=O)Cc1ccc(O)cc1)c1c(O)n(-c2cc(C)cc(C)c2)c2cc(C)ccc12. The van der Waals surface area contributed by atoms with Gasteiger partial charge < -0.3 is 10.2 Å². The van der Waals surface area contributed by atoms with Gasteiger partial charge >= 0.3 is 0 Å². The second-order valence-electron chi connectivity index (χ2n) is 8.68. The number of carbonyl (C=O) groups excluding carboxylic acids is 1. The van der Waals surface area contributed by atoms with Crippen molar-refractivity contribution in [3.8, 4) is 17.3 Å². The highest BCUT2D eigenvalue weighted by Crippen LogP contribution is 2.36. The molecule has 5 heteroatoms. The van der Waals surface area contributed by atoms with Crippen LogP contribution in [0.15, 0.2) is 65.7 Å². The Bertz CT molecular complexity index is 1360. The lowest BCUT2D eigenvalue weighted by molar-refractivity contribution is -0.117. The largest absolute Gasteiger partial charge is 0.508 e. The van der Waals surface area contributed by atoms with E-state index in [1.54, 1.807) is 24.3 Å². The Morgan fingerprint density at radius 3 is 2.21 bits per heavy atom. The lowest BCUT2D eigenvalue weighted by Crippen LogP contribution is -2.09. The van der Waals surface area contributed by atoms with Crippen LogP contribution in [0.25, 0.3) is 16.6 Å². The van der Waals surface area contributed by atoms with E-state index in [2.05, 4.69) is 17.1 Å². The summed E-state index contributed by atoms with van der Waals surface area (Å²) in [5.41, 5.74) is 7.20. The summed E-state index contributed by atoms with van der Waals surface area (Å²) in [4.78, 5) is 17.0. The molecule has 2 N–H and O–H groups in total. The summed E-state index contributed by atoms with van der Waals surface area (Å²) < 4.78 is 1.86. The van der Waals surface area contributed by atoms with E-state index in [1.807, 2.05) is 56.5 Å². The van der Waals surface area contributed by atoms with Gasteiger partial charge in [0.1, 0.15) is 5.75 Å². The van der Waals surface area contributed by atoms with Crippen molar-refractivity contribution in [3.63, 3.8) is 0 Å². The van der Waals surface area contributed by atoms with Crippen LogP contribution in [-0.4, -0.2) is 32.8 Å². The van der Waals surface area contributed by atoms with E-state index in [0.717, 1.165) is 38.8 Å². The second-order valence-corrected chi connectivity index (χ2v) is 8.68. The molecule has 0 aliphatic rings. The maximum absolute atomic E-state index is 12.5. The average molecular weight is 441 g/mol. The summed E-state index contributed by atoms with van der Waals surface area (Å²) in [5, 5.41) is 21.6. The third-order valence-corrected chi connectivity index (χ3v) is 5.76. The molecule has 0 saturated carbocycles. The normalized spacial score (nSPS) is 11.8. The van der Waals surface area contributed by atoms with Gasteiger partial charge in [-0.3, -0.25) is 14.4 Å². The smallest absolute Gasteiger partial charge is 0.206 e. The monoisotopic (exact) mass is 440 g/mol. The van der Waals surface area contributed by atoms with Crippen LogP contribution in [0.1, 0.15) is 34.7 Å². The molecule has 1 heterocycles. The van der Waals surface area contributed by atoms with Crippen molar-refractivity contribution in [2.75, 3.05) is 6.54 Å². The number of phenols is 1. The molecule has 0 amide bonds. The highest BCUT2D eigenvalue weighted by Gasteiger charge is 2.20. The zero-order valence-corrected chi connectivity index (χ0v) is 19.4. The van der Waals surface area contributed by atoms with E-state index in [0.29, 0.717) is 11.3 Å². The number of rotatable bonds is 6. The van der Waals surface area contributed by atoms with Crippen molar-refractivity contribution in [3.05, 3.63) is 88.5 Å². The molecule has 0 aliphatic carbocycles. The first-order valence-corrected chi connectivity index (χ1v) is 11.0. The van der Waals surface area contributed by atoms with Crippen molar-refractivity contribution < 1.29 is 15.0 Å². The first-order chi connectivity index (χ1) is 15.7. The van der Waals surface area contributed by atoms with Gasteiger partial charge in [0.25, 0.3) is 0 Å². The Morgan fingerprint density at radius 2 is 1.55 bits per heavy atom. The van der Waals surface area contributed by atoms with Crippen molar-refractivity contribution in [2.24, 2.45) is 4.99 Å². The summed E-state index contributed by atoms with van der Waals surface area (Å²) in [6.07, 6.45) is 0.243. The number of aromatic nitrogens is 1. The quantitative estimate of drug-likeness (QED) is 0.384. The van der Waals surface area contributed by atoms with Gasteiger partial charge in [0.2, 0.25) is 5.88 Å². The van der Waals surface area contributed by atoms with Gasteiger partial charge in [-0.1, -0.05) is 30.3 Å². The fourth-order valence-corrected chi connectivity index (χ4v) is 4.27. The van der Waals surface area contributed by atoms with Gasteiger partial charge in [-0.2, -0.15) is 0 Å². The number of aryl methyl sites for hydroxylation is 3. The Labute approximate surface area is 193 Å². The number of Topliss-reactive ketones (excluding diaryl/α,β-unsaturated/α-hetero) is 1. The van der Waals surface area contributed by atoms with Gasteiger partial charge in [0.05, 0.1) is 17.6 Å². The van der Waals surface area contributed by atoms with Gasteiger partial charge in [0, 0.05) is 23.2 Å². The molecule has 4 rings (SSSR count). The lowest BCUT2D eigenvalue weighted by Gasteiger charge is -2.10. The van der Waals surface area contributed by atoms with Crippen LogP contribution in [0.4, 0.5) is 0 Å². The summed E-state index contributed by atoms with van der Waals surface area (Å²) in [5.74, 6) is 0.257. The van der Waals surface area contributed by atoms with E-state index in [1.165, 1.54) is 0 Å². The maximum atomic E-state index is 12.5. The third kappa shape index (κ3) is 4.67. The van der Waals surface area contributed by atoms with Crippen molar-refractivity contribution in [1.29, 1.82) is 0 Å². The Morgan fingerprint density at radius 1 is 0.879 bits per heavy atom. The Kier molecular flexibility index (Phi) is 6.05. The molecule has 0 radical (unpaired) electrons. The zero-order chi connectivity index (χ0) is 23.7. The molecule has 0 bridgehead atoms. The number of phenolic OH excluding ortho intramolecular Hbond substituents is 1. The van der Waals surface area contributed by atoms with Crippen LogP contribution in [0.3, 0.4) is 0 Å². The molecular weight excluding hydrogens is 412 g/mol. The van der Waals surface area contributed by atoms with Crippen LogP contribution in [0.5, 0.6) is 11.6 Å². The lowest BCUT2D eigenvalue weighted by atomic mass is 10.1. The topological polar surface area (TPSA) is 74.8 Å². The molecule has 168 valence electrons. The minimum Gasteiger partial charge on any atom is -0.508 e. The summed E-state index contributed by atoms with van der Waals surface area (Å²) in [6, 6.07) is 18.9. The molecule has 0 spiro atoms. The number of aromatic hydroxyl groups is 2. The van der Waals surface area contributed by atoms with Crippen LogP contribution in [-0.2, 0) is 11.2 Å². The van der Waals surface area contributed by atoms with Crippen LogP contribution < -0.4 is 0 Å². The third-order valence-electron chi connectivity index (χ3n) is 5.76. The number of fused-ring (bicyclic) bond motifs is 1. The van der Waals surface area contributed by atoms with E-state index in [-0.39, 0.29) is 30.4 Å². The van der Waals surface area contributed by atoms with E-state index < -0.39 is 0 Å². The first-order valence-electron chi connectivity index (χ1n) is 11.0. The van der Waals surface area contributed by atoms with Crippen LogP contribution in [0.2, 0.25) is 0 Å². The molecule has 4 aromatic rings. The molecule has 5 nitrogen and oxygen atoms in total. The molecule has 0 saturated heterocycles. The highest BCUT2D eigenvalue weighted by molar-refractivity contribution is 6.13. The molecular formula is C28H28N2O3. The van der Waals surface area contributed by atoms with E-state index in [9.17, 15) is 15.0 Å². The van der Waals surface area contributed by atoms with Gasteiger partial charge in [-0.15, -0.1) is 0 Å². The number of aliphatic imine (C=N–C) groups is 1. The number of nitrogens with zero attached hydrogens (tertiary/aromatic N) is 2. The number of benzene rings is 3. The number of hydrogen-bond donors (Lipinski definition) is 2. The van der Waals surface area contributed by atoms with Crippen LogP contribution >= 0.6 is 0 Å². The summed E-state index contributed by atoms with van der Waals surface area (Å²) in [6.45, 7) is 7.95. The first kappa shape index (κ1) is 22.3. The van der Waals surface area contributed by atoms with E-state index in [4.69, 9.17) is 0 Å². The van der Waals surface area contributed by atoms with Gasteiger partial charge in [-0.25, -0.2) is 0 Å². The molecule has 0 atom stereocenters. The molecule has 1 aromatic heterocycles. The number of carbonyl (C=O) groups is 1. The zero-order valence-electron chi connectivity index (χ0n) is 19.4. The Hall–Kier alpha value is -3.86. The summed E-state index contributed by atoms with van der Waals surface area (Å²) in [7, 11) is 0. The second kappa shape index (κ2) is 8.94. The van der Waals surface area contributed by atoms with Crippen molar-refractivity contribution in [2.45, 2.75) is 34.1 Å². The fraction of sp³-hybridized carbons (Fsp3) is 0.214. The minimum atomic E-state index is -0.0339. The molecule has 3 aromatic carbocycles. The average Bonchev–Trinajstić information content (AvgIpc) is 3.04. The van der Waals surface area contributed by atoms with Gasteiger partial charge in [-0.05, 0) is 80.3 Å². The number of ketones is 1. The summed E-state index contributed by atoms with van der Waals surface area (Å²) >= 11 is 0.